The summed E-state index contributed by atoms with van der Waals surface area (Å²) in [5.41, 5.74) is -0.994. The van der Waals surface area contributed by atoms with E-state index < -0.39 is 37.3 Å². The van der Waals surface area contributed by atoms with Gasteiger partial charge in [-0.1, -0.05) is 0 Å². The minimum atomic E-state index is -2.01. The van der Waals surface area contributed by atoms with Gasteiger partial charge in [0, 0.05) is 0 Å². The van der Waals surface area contributed by atoms with E-state index in [9.17, 15) is 22.1 Å². The Morgan fingerprint density at radius 2 is 1.58 bits per heavy atom. The van der Waals surface area contributed by atoms with Crippen LogP contribution in [0.3, 0.4) is 0 Å². The van der Waals surface area contributed by atoms with Crippen molar-refractivity contribution in [2.45, 2.75) is 0 Å². The number of hydrogen-bond donors (Lipinski definition) is 0. The van der Waals surface area contributed by atoms with Gasteiger partial charge < -0.3 is 0 Å². The average Bonchev–Trinajstić information content (AvgIpc) is 2.08. The molecule has 0 spiro atoms. The number of aromatic nitrogens is 1. The highest BCUT2D eigenvalue weighted by molar-refractivity contribution is 7.33. The summed E-state index contributed by atoms with van der Waals surface area (Å²) < 4.78 is 59.0. The Labute approximate surface area is 65.4 Å². The largest absolute Gasteiger partial charge is 0.267 e. The number of rotatable bonds is 1. The fourth-order valence-corrected chi connectivity index (χ4v) is 0.844. The molecule has 0 unspecified atom stereocenters. The third-order valence-corrected chi connectivity index (χ3v) is 1.52. The van der Waals surface area contributed by atoms with Gasteiger partial charge in [0.15, 0.2) is 11.3 Å². The third kappa shape index (κ3) is 1.30. The molecule has 0 aliphatic carbocycles. The van der Waals surface area contributed by atoms with Crippen LogP contribution in [-0.4, -0.2) is 4.98 Å². The van der Waals surface area contributed by atoms with Crippen LogP contribution in [0, 0.1) is 23.4 Å². The first-order chi connectivity index (χ1) is 5.57. The Morgan fingerprint density at radius 3 is 2.08 bits per heavy atom. The summed E-state index contributed by atoms with van der Waals surface area (Å²) >= 11 is 0. The minimum Gasteiger partial charge on any atom is -0.267 e. The lowest BCUT2D eigenvalue weighted by molar-refractivity contribution is 0.395. The van der Waals surface area contributed by atoms with Gasteiger partial charge in [-0.2, -0.15) is 8.78 Å². The molecular formula is C5F4NOP. The van der Waals surface area contributed by atoms with E-state index in [1.165, 1.54) is 0 Å². The average molecular weight is 197 g/mol. The molecule has 0 saturated heterocycles. The standard InChI is InChI=1S/C5F4NOP/c6-1-2(7)4(9)10-5(12-11)3(1)8. The lowest BCUT2D eigenvalue weighted by Crippen LogP contribution is -2.13. The van der Waals surface area contributed by atoms with Crippen LogP contribution >= 0.6 is 8.46 Å². The topological polar surface area (TPSA) is 30.0 Å². The first-order valence-corrected chi connectivity index (χ1v) is 3.42. The summed E-state index contributed by atoms with van der Waals surface area (Å²) in [5, 5.41) is 0. The van der Waals surface area contributed by atoms with E-state index in [1.807, 2.05) is 0 Å². The molecule has 2 nitrogen and oxygen atoms in total. The SMILES string of the molecule is O=Pc1nc(F)c(F)c(F)c1F. The highest BCUT2D eigenvalue weighted by Crippen LogP contribution is 2.12. The summed E-state index contributed by atoms with van der Waals surface area (Å²) in [4.78, 5) is 2.57. The van der Waals surface area contributed by atoms with E-state index in [1.54, 1.807) is 0 Å². The van der Waals surface area contributed by atoms with Crippen molar-refractivity contribution in [1.82, 2.24) is 4.98 Å². The van der Waals surface area contributed by atoms with Crippen LogP contribution < -0.4 is 5.44 Å². The molecule has 0 amide bonds. The van der Waals surface area contributed by atoms with Crippen LogP contribution in [0.15, 0.2) is 0 Å². The van der Waals surface area contributed by atoms with Crippen LogP contribution in [0.4, 0.5) is 17.6 Å². The summed E-state index contributed by atoms with van der Waals surface area (Å²) in [6, 6.07) is 0. The molecule has 12 heavy (non-hydrogen) atoms. The van der Waals surface area contributed by atoms with Crippen molar-refractivity contribution in [2.24, 2.45) is 0 Å². The zero-order valence-corrected chi connectivity index (χ0v) is 6.21. The smallest absolute Gasteiger partial charge is 0.253 e. The van der Waals surface area contributed by atoms with E-state index in [-0.39, 0.29) is 0 Å². The second kappa shape index (κ2) is 3.15. The van der Waals surface area contributed by atoms with E-state index in [0.717, 1.165) is 0 Å². The maximum absolute atomic E-state index is 12.4. The molecule has 0 aromatic carbocycles. The van der Waals surface area contributed by atoms with Gasteiger partial charge in [0.2, 0.25) is 20.1 Å². The molecule has 0 saturated carbocycles. The van der Waals surface area contributed by atoms with Crippen LogP contribution in [-0.2, 0) is 4.57 Å². The van der Waals surface area contributed by atoms with E-state index in [0.29, 0.717) is 0 Å². The zero-order chi connectivity index (χ0) is 9.30. The van der Waals surface area contributed by atoms with Crippen molar-refractivity contribution in [2.75, 3.05) is 0 Å². The number of nitrogens with zero attached hydrogens (tertiary/aromatic N) is 1. The maximum atomic E-state index is 12.4. The molecular weight excluding hydrogens is 197 g/mol. The molecule has 64 valence electrons. The van der Waals surface area contributed by atoms with Crippen molar-refractivity contribution in [1.29, 1.82) is 0 Å². The molecule has 0 aliphatic rings. The van der Waals surface area contributed by atoms with Gasteiger partial charge in [0.05, 0.1) is 0 Å². The first kappa shape index (κ1) is 9.06. The fraction of sp³-hybridized carbons (Fsp3) is 0. The van der Waals surface area contributed by atoms with E-state index in [2.05, 4.69) is 4.98 Å². The number of halogens is 4. The summed E-state index contributed by atoms with van der Waals surface area (Å²) in [6.45, 7) is 0. The first-order valence-electron chi connectivity index (χ1n) is 2.61. The van der Waals surface area contributed by atoms with Crippen LogP contribution in [0.1, 0.15) is 0 Å². The van der Waals surface area contributed by atoms with Crippen molar-refractivity contribution in [3.8, 4) is 0 Å². The molecule has 7 heteroatoms. The molecule has 0 fully saturated rings. The Bertz CT molecular complexity index is 343. The number of pyridine rings is 1. The molecule has 1 aromatic heterocycles. The Morgan fingerprint density at radius 1 is 1.00 bits per heavy atom. The Balaban J connectivity index is 3.49. The highest BCUT2D eigenvalue weighted by Gasteiger charge is 2.20. The van der Waals surface area contributed by atoms with Gasteiger partial charge in [0.1, 0.15) is 0 Å². The monoisotopic (exact) mass is 197 g/mol. The summed E-state index contributed by atoms with van der Waals surface area (Å²) in [5.74, 6) is -7.58. The quantitative estimate of drug-likeness (QED) is 0.388. The van der Waals surface area contributed by atoms with Gasteiger partial charge in [0.25, 0.3) is 5.95 Å². The van der Waals surface area contributed by atoms with Crippen LogP contribution in [0.5, 0.6) is 0 Å². The van der Waals surface area contributed by atoms with Crippen LogP contribution in [0.2, 0.25) is 0 Å². The zero-order valence-electron chi connectivity index (χ0n) is 5.31. The number of hydrogen-bond acceptors (Lipinski definition) is 2. The van der Waals surface area contributed by atoms with Crippen molar-refractivity contribution >= 4 is 13.9 Å². The molecule has 0 radical (unpaired) electrons. The van der Waals surface area contributed by atoms with Gasteiger partial charge in [-0.15, -0.1) is 0 Å². The van der Waals surface area contributed by atoms with Crippen molar-refractivity contribution in [3.05, 3.63) is 23.4 Å². The molecule has 1 aromatic rings. The second-order valence-electron chi connectivity index (χ2n) is 1.76. The lowest BCUT2D eigenvalue weighted by Gasteiger charge is -1.96. The maximum Gasteiger partial charge on any atom is 0.253 e. The van der Waals surface area contributed by atoms with Crippen LogP contribution in [0.25, 0.3) is 0 Å². The molecule has 0 bridgehead atoms. The van der Waals surface area contributed by atoms with E-state index in [4.69, 9.17) is 0 Å². The molecule has 0 N–H and O–H groups in total. The van der Waals surface area contributed by atoms with Gasteiger partial charge in [-0.3, -0.25) is 4.57 Å². The normalized spacial score (nSPS) is 10.7. The third-order valence-electron chi connectivity index (χ3n) is 1.05. The predicted octanol–water partition coefficient (Wildman–Crippen LogP) is 1.55. The van der Waals surface area contributed by atoms with Gasteiger partial charge in [-0.25, -0.2) is 13.8 Å². The Hall–Kier alpha value is -1.03. The highest BCUT2D eigenvalue weighted by atomic mass is 31.1. The van der Waals surface area contributed by atoms with Gasteiger partial charge in [-0.05, 0) is 0 Å². The molecule has 0 atom stereocenters. The summed E-state index contributed by atoms with van der Waals surface area (Å²) in [6.07, 6.45) is 0. The molecule has 1 rings (SSSR count). The fourth-order valence-electron chi connectivity index (χ4n) is 0.537. The predicted molar refractivity (Wildman–Crippen MR) is 31.3 cm³/mol. The minimum absolute atomic E-state index is 0.994. The van der Waals surface area contributed by atoms with E-state index >= 15 is 0 Å². The Kier molecular flexibility index (Phi) is 2.38. The molecule has 1 heterocycles. The lowest BCUT2D eigenvalue weighted by atomic mass is 10.4. The van der Waals surface area contributed by atoms with Gasteiger partial charge >= 0.3 is 0 Å². The summed E-state index contributed by atoms with van der Waals surface area (Å²) in [7, 11) is -1.01. The molecule has 0 aliphatic heterocycles. The van der Waals surface area contributed by atoms with Crippen molar-refractivity contribution in [3.63, 3.8) is 0 Å². The van der Waals surface area contributed by atoms with Crippen molar-refractivity contribution < 1.29 is 22.1 Å². The second-order valence-corrected chi connectivity index (χ2v) is 2.37.